The van der Waals surface area contributed by atoms with Crippen LogP contribution >= 0.6 is 0 Å². The van der Waals surface area contributed by atoms with Crippen LogP contribution in [0.5, 0.6) is 0 Å². The van der Waals surface area contributed by atoms with Crippen molar-refractivity contribution in [2.75, 3.05) is 0 Å². The molecule has 0 bridgehead atoms. The van der Waals surface area contributed by atoms with Crippen molar-refractivity contribution < 1.29 is 10.0 Å². The minimum atomic E-state index is -1.63. The molecule has 0 fully saturated rings. The van der Waals surface area contributed by atoms with E-state index < -0.39 is 7.12 Å². The minimum Gasteiger partial charge on any atom is -0.423 e. The van der Waals surface area contributed by atoms with Crippen LogP contribution in [0.1, 0.15) is 0 Å². The van der Waals surface area contributed by atoms with E-state index in [0.717, 1.165) is 12.4 Å². The highest BCUT2D eigenvalue weighted by atomic mass is 16.4. The van der Waals surface area contributed by atoms with Crippen molar-refractivity contribution in [3.8, 4) is 0 Å². The molecule has 0 atom stereocenters. The van der Waals surface area contributed by atoms with E-state index in [2.05, 4.69) is 0 Å². The maximum atomic E-state index is 8.27. The van der Waals surface area contributed by atoms with Crippen molar-refractivity contribution in [2.45, 2.75) is 0 Å². The Morgan fingerprint density at radius 1 is 1.62 bits per heavy atom. The number of allylic oxidation sites excluding steroid dienone is 1. The van der Waals surface area contributed by atoms with E-state index in [1.807, 2.05) is 0 Å². The summed E-state index contributed by atoms with van der Waals surface area (Å²) in [5.41, 5.74) is 4.84. The Morgan fingerprint density at radius 3 is 2.12 bits per heavy atom. The van der Waals surface area contributed by atoms with E-state index in [0.29, 0.717) is 0 Å². The van der Waals surface area contributed by atoms with Crippen LogP contribution in [0.4, 0.5) is 0 Å². The Bertz CT molecular complexity index is 112. The lowest BCUT2D eigenvalue weighted by atomic mass is 9.81. The number of hydrogen-bond acceptors (Lipinski definition) is 4. The van der Waals surface area contributed by atoms with Crippen LogP contribution in [-0.4, -0.2) is 23.4 Å². The molecule has 4 nitrogen and oxygen atoms in total. The third-order valence-electron chi connectivity index (χ3n) is 0.657. The second-order valence-corrected chi connectivity index (χ2v) is 1.18. The molecule has 0 rings (SSSR count). The fraction of sp³-hybridized carbons (Fsp3) is 0. The SMILES string of the molecule is N=C/C(=C\N)B(O)O. The second kappa shape index (κ2) is 3.23. The van der Waals surface area contributed by atoms with Crippen LogP contribution in [0, 0.1) is 5.41 Å². The Morgan fingerprint density at radius 2 is 2.12 bits per heavy atom. The molecule has 0 spiro atoms. The van der Waals surface area contributed by atoms with Crippen molar-refractivity contribution in [3.63, 3.8) is 0 Å². The van der Waals surface area contributed by atoms with Crippen molar-refractivity contribution in [2.24, 2.45) is 5.73 Å². The third-order valence-corrected chi connectivity index (χ3v) is 0.657. The maximum Gasteiger partial charge on any atom is 0.491 e. The topological polar surface area (TPSA) is 90.3 Å². The lowest BCUT2D eigenvalue weighted by Crippen LogP contribution is -2.17. The van der Waals surface area contributed by atoms with Gasteiger partial charge >= 0.3 is 7.12 Å². The Hall–Kier alpha value is -0.805. The number of nitrogens with two attached hydrogens (primary N) is 1. The highest BCUT2D eigenvalue weighted by Crippen LogP contribution is 1.85. The molecule has 0 amide bonds. The minimum absolute atomic E-state index is 0.00926. The number of rotatable bonds is 2. The average Bonchev–Trinajstić information content (AvgIpc) is 1.69. The molecular formula is C3H7BN2O2. The molecule has 0 radical (unpaired) electrons. The van der Waals surface area contributed by atoms with E-state index in [1.54, 1.807) is 0 Å². The lowest BCUT2D eigenvalue weighted by molar-refractivity contribution is 0.422. The van der Waals surface area contributed by atoms with Gasteiger partial charge in [-0.1, -0.05) is 0 Å². The summed E-state index contributed by atoms with van der Waals surface area (Å²) in [6, 6.07) is 0. The summed E-state index contributed by atoms with van der Waals surface area (Å²) in [7, 11) is -1.63. The molecule has 0 aliphatic rings. The predicted molar refractivity (Wildman–Crippen MR) is 31.2 cm³/mol. The third kappa shape index (κ3) is 1.77. The molecule has 0 aromatic rings. The summed E-state index contributed by atoms with van der Waals surface area (Å²) in [5.74, 6) is 0. The summed E-state index contributed by atoms with van der Waals surface area (Å²) >= 11 is 0. The van der Waals surface area contributed by atoms with Crippen molar-refractivity contribution in [1.29, 1.82) is 5.41 Å². The first-order valence-electron chi connectivity index (χ1n) is 2.00. The van der Waals surface area contributed by atoms with Gasteiger partial charge in [-0.25, -0.2) is 0 Å². The average molecular weight is 114 g/mol. The van der Waals surface area contributed by atoms with Crippen LogP contribution in [0.15, 0.2) is 11.7 Å². The second-order valence-electron chi connectivity index (χ2n) is 1.18. The van der Waals surface area contributed by atoms with Gasteiger partial charge < -0.3 is 21.2 Å². The predicted octanol–water partition coefficient (Wildman–Crippen LogP) is -1.51. The smallest absolute Gasteiger partial charge is 0.423 e. The van der Waals surface area contributed by atoms with Gasteiger partial charge in [0.1, 0.15) is 0 Å². The molecule has 44 valence electrons. The Balaban J connectivity index is 3.91. The largest absolute Gasteiger partial charge is 0.491 e. The van der Waals surface area contributed by atoms with Gasteiger partial charge in [-0.05, 0) is 6.20 Å². The van der Waals surface area contributed by atoms with Gasteiger partial charge in [0.25, 0.3) is 0 Å². The molecular weight excluding hydrogens is 107 g/mol. The molecule has 0 aromatic carbocycles. The molecule has 5 N–H and O–H groups in total. The summed E-state index contributed by atoms with van der Waals surface area (Å²) < 4.78 is 0. The summed E-state index contributed by atoms with van der Waals surface area (Å²) in [5, 5.41) is 23.0. The van der Waals surface area contributed by atoms with Gasteiger partial charge in [0.05, 0.1) is 0 Å². The first kappa shape index (κ1) is 7.19. The molecule has 0 aliphatic heterocycles. The first-order chi connectivity index (χ1) is 3.72. The van der Waals surface area contributed by atoms with Crippen LogP contribution in [-0.2, 0) is 0 Å². The van der Waals surface area contributed by atoms with Crippen molar-refractivity contribution >= 4 is 13.3 Å². The zero-order valence-corrected chi connectivity index (χ0v) is 4.20. The number of hydrogen-bond donors (Lipinski definition) is 4. The van der Waals surface area contributed by atoms with E-state index in [-0.39, 0.29) is 5.47 Å². The van der Waals surface area contributed by atoms with E-state index in [4.69, 9.17) is 21.2 Å². The highest BCUT2D eigenvalue weighted by Gasteiger charge is 2.09. The molecule has 0 aromatic heterocycles. The monoisotopic (exact) mass is 114 g/mol. The molecule has 5 heteroatoms. The molecule has 0 heterocycles. The summed E-state index contributed by atoms with van der Waals surface area (Å²) in [6.07, 6.45) is 1.75. The van der Waals surface area contributed by atoms with Gasteiger partial charge in [-0.3, -0.25) is 0 Å². The van der Waals surface area contributed by atoms with Crippen LogP contribution in [0.25, 0.3) is 0 Å². The maximum absolute atomic E-state index is 8.27. The quantitative estimate of drug-likeness (QED) is 0.260. The van der Waals surface area contributed by atoms with E-state index >= 15 is 0 Å². The normalized spacial score (nSPS) is 11.0. The summed E-state index contributed by atoms with van der Waals surface area (Å²) in [4.78, 5) is 0. The van der Waals surface area contributed by atoms with Gasteiger partial charge in [-0.2, -0.15) is 0 Å². The van der Waals surface area contributed by atoms with E-state index in [1.165, 1.54) is 0 Å². The zero-order valence-electron chi connectivity index (χ0n) is 4.20. The van der Waals surface area contributed by atoms with Gasteiger partial charge in [-0.15, -0.1) is 0 Å². The number of nitrogens with one attached hydrogen (secondary N) is 1. The lowest BCUT2D eigenvalue weighted by Gasteiger charge is -1.92. The zero-order chi connectivity index (χ0) is 6.57. The van der Waals surface area contributed by atoms with Gasteiger partial charge in [0, 0.05) is 11.7 Å². The van der Waals surface area contributed by atoms with Crippen LogP contribution < -0.4 is 5.73 Å². The fourth-order valence-corrected chi connectivity index (χ4v) is 0.209. The molecule has 0 saturated carbocycles. The van der Waals surface area contributed by atoms with Gasteiger partial charge in [0.2, 0.25) is 0 Å². The Kier molecular flexibility index (Phi) is 2.90. The molecule has 0 unspecified atom stereocenters. The van der Waals surface area contributed by atoms with Crippen LogP contribution in [0.3, 0.4) is 0 Å². The summed E-state index contributed by atoms with van der Waals surface area (Å²) in [6.45, 7) is 0. The first-order valence-corrected chi connectivity index (χ1v) is 2.00. The van der Waals surface area contributed by atoms with Crippen molar-refractivity contribution in [3.05, 3.63) is 11.7 Å². The molecule has 0 saturated heterocycles. The van der Waals surface area contributed by atoms with E-state index in [9.17, 15) is 0 Å². The fourth-order valence-electron chi connectivity index (χ4n) is 0.209. The highest BCUT2D eigenvalue weighted by molar-refractivity contribution is 6.56. The van der Waals surface area contributed by atoms with Crippen LogP contribution in [0.2, 0.25) is 0 Å². The standard InChI is InChI=1S/C3H7BN2O2/c5-1-3(2-6)4(7)8/h1-2,5,7-8H,6H2/b3-2+,5-1?. The van der Waals surface area contributed by atoms with Gasteiger partial charge in [0.15, 0.2) is 0 Å². The van der Waals surface area contributed by atoms with Crippen molar-refractivity contribution in [1.82, 2.24) is 0 Å². The molecule has 8 heavy (non-hydrogen) atoms. The Labute approximate surface area is 47.3 Å². The molecule has 0 aliphatic carbocycles.